The van der Waals surface area contributed by atoms with Crippen molar-refractivity contribution < 1.29 is 24.9 Å². The van der Waals surface area contributed by atoms with E-state index in [1.165, 1.54) is 43.9 Å². The molecule has 25 heavy (non-hydrogen) atoms. The van der Waals surface area contributed by atoms with Crippen LogP contribution >= 0.6 is 11.8 Å². The molecule has 0 aromatic heterocycles. The van der Waals surface area contributed by atoms with Crippen LogP contribution < -0.4 is 0 Å². The number of aliphatic hydroxyl groups is 1. The molecular weight excluding hydrogens is 340 g/mol. The van der Waals surface area contributed by atoms with Gasteiger partial charge in [0.15, 0.2) is 0 Å². The summed E-state index contributed by atoms with van der Waals surface area (Å²) in [6, 6.07) is 0. The maximum atomic E-state index is 11.0. The Labute approximate surface area is 154 Å². The third-order valence-electron chi connectivity index (χ3n) is 4.75. The Kier molecular flexibility index (Phi) is 10.9. The molecule has 144 valence electrons. The molecule has 0 amide bonds. The van der Waals surface area contributed by atoms with Gasteiger partial charge in [0, 0.05) is 0 Å². The summed E-state index contributed by atoms with van der Waals surface area (Å²) in [4.78, 5) is 21.8. The fourth-order valence-corrected chi connectivity index (χ4v) is 4.55. The summed E-state index contributed by atoms with van der Waals surface area (Å²) >= 11 is 1.22. The largest absolute Gasteiger partial charge is 0.481 e. The Hall–Kier alpha value is -1.01. The molecule has 1 aliphatic carbocycles. The molecule has 0 spiro atoms. The molecule has 0 bridgehead atoms. The van der Waals surface area contributed by atoms with Gasteiger partial charge in [-0.2, -0.15) is 0 Å². The van der Waals surface area contributed by atoms with Crippen molar-refractivity contribution in [3.8, 4) is 0 Å². The molecule has 0 heterocycles. The van der Waals surface area contributed by atoms with Crippen LogP contribution in [-0.4, -0.2) is 44.4 Å². The number of allylic oxidation sites excluding steroid dienone is 1. The first kappa shape index (κ1) is 22.0. The Morgan fingerprint density at radius 2 is 1.80 bits per heavy atom. The van der Waals surface area contributed by atoms with Crippen LogP contribution in [0.25, 0.3) is 0 Å². The van der Waals surface area contributed by atoms with Crippen LogP contribution in [0.15, 0.2) is 11.6 Å². The predicted octanol–water partition coefficient (Wildman–Crippen LogP) is 4.10. The third-order valence-corrected chi connectivity index (χ3v) is 6.10. The van der Waals surface area contributed by atoms with Gasteiger partial charge in [0.2, 0.25) is 0 Å². The van der Waals surface area contributed by atoms with Crippen molar-refractivity contribution in [1.82, 2.24) is 0 Å². The van der Waals surface area contributed by atoms with E-state index in [1.54, 1.807) is 0 Å². The quantitative estimate of drug-likeness (QED) is 0.353. The topological polar surface area (TPSA) is 94.8 Å². The van der Waals surface area contributed by atoms with Crippen LogP contribution in [0.5, 0.6) is 0 Å². The van der Waals surface area contributed by atoms with Crippen molar-refractivity contribution in [2.45, 2.75) is 82.5 Å². The smallest absolute Gasteiger partial charge is 0.313 e. The van der Waals surface area contributed by atoms with E-state index < -0.39 is 18.0 Å². The van der Waals surface area contributed by atoms with E-state index in [9.17, 15) is 14.7 Å². The second kappa shape index (κ2) is 12.4. The zero-order chi connectivity index (χ0) is 18.7. The number of aliphatic carboxylic acids is 2. The Balaban J connectivity index is 2.57. The molecule has 3 N–H and O–H groups in total. The van der Waals surface area contributed by atoms with Crippen LogP contribution in [0, 0.1) is 5.92 Å². The number of unbranched alkanes of at least 4 members (excludes halogenated alkanes) is 6. The highest BCUT2D eigenvalue weighted by Crippen LogP contribution is 2.38. The van der Waals surface area contributed by atoms with E-state index in [0.29, 0.717) is 6.42 Å². The van der Waals surface area contributed by atoms with E-state index in [-0.39, 0.29) is 23.3 Å². The van der Waals surface area contributed by atoms with Gasteiger partial charge in [-0.3, -0.25) is 9.59 Å². The number of hydrogen-bond donors (Lipinski definition) is 3. The fraction of sp³-hybridized carbons (Fsp3) is 0.789. The molecular formula is C19H32O5S. The van der Waals surface area contributed by atoms with E-state index in [2.05, 4.69) is 13.0 Å². The lowest BCUT2D eigenvalue weighted by Gasteiger charge is -2.36. The zero-order valence-corrected chi connectivity index (χ0v) is 16.0. The third kappa shape index (κ3) is 8.77. The number of rotatable bonds is 12. The summed E-state index contributed by atoms with van der Waals surface area (Å²) in [5.74, 6) is -2.19. The maximum Gasteiger partial charge on any atom is 0.313 e. The molecule has 1 aliphatic rings. The average molecular weight is 373 g/mol. The normalized spacial score (nSPS) is 25.2. The Morgan fingerprint density at radius 1 is 1.12 bits per heavy atom. The number of carboxylic acid groups (broad SMARTS) is 2. The van der Waals surface area contributed by atoms with Gasteiger partial charge in [0.1, 0.15) is 0 Å². The highest BCUT2D eigenvalue weighted by atomic mass is 32.2. The Bertz CT molecular complexity index is 449. The molecule has 0 aromatic carbocycles. The number of aliphatic hydroxyl groups excluding tert-OH is 1. The van der Waals surface area contributed by atoms with E-state index in [4.69, 9.17) is 10.2 Å². The van der Waals surface area contributed by atoms with Crippen molar-refractivity contribution in [3.05, 3.63) is 11.6 Å². The number of thioether (sulfide) groups is 1. The molecule has 0 unspecified atom stereocenters. The minimum Gasteiger partial charge on any atom is -0.481 e. The van der Waals surface area contributed by atoms with E-state index >= 15 is 0 Å². The fourth-order valence-electron chi connectivity index (χ4n) is 3.38. The second-order valence-corrected chi connectivity index (χ2v) is 7.98. The summed E-state index contributed by atoms with van der Waals surface area (Å²) in [6.07, 6.45) is 11.0. The first-order valence-electron chi connectivity index (χ1n) is 9.37. The van der Waals surface area contributed by atoms with Gasteiger partial charge in [0.25, 0.3) is 0 Å². The minimum absolute atomic E-state index is 0.0595. The van der Waals surface area contributed by atoms with Crippen LogP contribution in [0.3, 0.4) is 0 Å². The number of carbonyl (C=O) groups is 2. The maximum absolute atomic E-state index is 11.0. The lowest BCUT2D eigenvalue weighted by molar-refractivity contribution is -0.139. The predicted molar refractivity (Wildman–Crippen MR) is 101 cm³/mol. The van der Waals surface area contributed by atoms with E-state index in [1.807, 2.05) is 0 Å². The highest BCUT2D eigenvalue weighted by Gasteiger charge is 2.36. The molecule has 1 rings (SSSR count). The molecule has 6 heteroatoms. The summed E-state index contributed by atoms with van der Waals surface area (Å²) < 4.78 is 0. The van der Waals surface area contributed by atoms with Crippen LogP contribution in [0.4, 0.5) is 0 Å². The standard InChI is InChI=1S/C19H32O5S/c1-2-3-4-5-6-7-8-9-14-10-11-15(12-16(20)21)18(24)19(14)25-13-17(22)23/h9,15,18-19,24H,2-8,10-13H2,1H3,(H,20,21)(H,22,23)/b14-9+/t15-,18-,19-/m0/s1. The van der Waals surface area contributed by atoms with Gasteiger partial charge in [-0.25, -0.2) is 0 Å². The minimum atomic E-state index is -0.912. The molecule has 0 aromatic rings. The van der Waals surface area contributed by atoms with Gasteiger partial charge < -0.3 is 15.3 Å². The van der Waals surface area contributed by atoms with E-state index in [0.717, 1.165) is 24.8 Å². The van der Waals surface area contributed by atoms with Gasteiger partial charge in [0.05, 0.1) is 23.5 Å². The van der Waals surface area contributed by atoms with Crippen molar-refractivity contribution >= 4 is 23.7 Å². The van der Waals surface area contributed by atoms with Crippen molar-refractivity contribution in [3.63, 3.8) is 0 Å². The molecule has 0 radical (unpaired) electrons. The van der Waals surface area contributed by atoms with Crippen molar-refractivity contribution in [1.29, 1.82) is 0 Å². The molecule has 1 saturated carbocycles. The Morgan fingerprint density at radius 3 is 2.44 bits per heavy atom. The summed E-state index contributed by atoms with van der Waals surface area (Å²) in [7, 11) is 0. The van der Waals surface area contributed by atoms with Gasteiger partial charge >= 0.3 is 11.9 Å². The lowest BCUT2D eigenvalue weighted by Crippen LogP contribution is -2.38. The average Bonchev–Trinajstić information content (AvgIpc) is 2.55. The molecule has 5 nitrogen and oxygen atoms in total. The number of carboxylic acids is 2. The first-order valence-corrected chi connectivity index (χ1v) is 10.4. The summed E-state index contributed by atoms with van der Waals surface area (Å²) in [6.45, 7) is 2.20. The monoisotopic (exact) mass is 372 g/mol. The molecule has 3 atom stereocenters. The molecule has 0 aliphatic heterocycles. The van der Waals surface area contributed by atoms with Crippen LogP contribution in [0.1, 0.15) is 71.1 Å². The molecule has 0 saturated heterocycles. The summed E-state index contributed by atoms with van der Waals surface area (Å²) in [5.41, 5.74) is 1.09. The van der Waals surface area contributed by atoms with Crippen LogP contribution in [-0.2, 0) is 9.59 Å². The number of hydrogen-bond acceptors (Lipinski definition) is 4. The first-order chi connectivity index (χ1) is 12.0. The van der Waals surface area contributed by atoms with Crippen molar-refractivity contribution in [2.24, 2.45) is 5.92 Å². The highest BCUT2D eigenvalue weighted by molar-refractivity contribution is 8.00. The van der Waals surface area contributed by atoms with Gasteiger partial charge in [-0.15, -0.1) is 11.8 Å². The molecule has 1 fully saturated rings. The lowest BCUT2D eigenvalue weighted by atomic mass is 9.80. The zero-order valence-electron chi connectivity index (χ0n) is 15.2. The summed E-state index contributed by atoms with van der Waals surface area (Å²) in [5, 5.41) is 28.2. The second-order valence-electron chi connectivity index (χ2n) is 6.85. The SMILES string of the molecule is CCCCCCCC/C=C1\CC[C@@H](CC(=O)O)[C@H](O)[C@H]1SCC(=O)O. The van der Waals surface area contributed by atoms with Crippen LogP contribution in [0.2, 0.25) is 0 Å². The van der Waals surface area contributed by atoms with Crippen molar-refractivity contribution in [2.75, 3.05) is 5.75 Å². The van der Waals surface area contributed by atoms with Gasteiger partial charge in [-0.05, 0) is 31.6 Å². The van der Waals surface area contributed by atoms with Gasteiger partial charge in [-0.1, -0.05) is 50.7 Å².